The third-order valence-corrected chi connectivity index (χ3v) is 3.82. The van der Waals surface area contributed by atoms with Crippen molar-refractivity contribution in [3.8, 4) is 0 Å². The second kappa shape index (κ2) is 6.83. The zero-order chi connectivity index (χ0) is 13.7. The van der Waals surface area contributed by atoms with Crippen LogP contribution in [0.1, 0.15) is 19.0 Å². The highest BCUT2D eigenvalue weighted by molar-refractivity contribution is 7.07. The second-order valence-electron chi connectivity index (χ2n) is 4.60. The van der Waals surface area contributed by atoms with Crippen LogP contribution in [0.4, 0.5) is 0 Å². The molecule has 0 aromatic carbocycles. The van der Waals surface area contributed by atoms with E-state index in [1.165, 1.54) is 0 Å². The Morgan fingerprint density at radius 2 is 2.42 bits per heavy atom. The van der Waals surface area contributed by atoms with Crippen LogP contribution < -0.4 is 15.5 Å². The molecular weight excluding hydrogens is 266 g/mol. The van der Waals surface area contributed by atoms with Gasteiger partial charge in [-0.2, -0.15) is 0 Å². The molecule has 19 heavy (non-hydrogen) atoms. The topological polar surface area (TPSA) is 83.2 Å². The van der Waals surface area contributed by atoms with Gasteiger partial charge in [0.2, 0.25) is 5.91 Å². The highest BCUT2D eigenvalue weighted by atomic mass is 32.1. The van der Waals surface area contributed by atoms with E-state index in [-0.39, 0.29) is 22.7 Å². The standard InChI is InChI=1S/C12H19N3O3S/c1-2-3-13-10-6-18-5-9(10)11(16)14-4-8-7-19-12(17)15-8/h7,9-10,13H,2-6H2,1H3,(H,14,16)(H,15,17). The number of amides is 1. The van der Waals surface area contributed by atoms with Gasteiger partial charge in [-0.05, 0) is 13.0 Å². The molecule has 0 spiro atoms. The lowest BCUT2D eigenvalue weighted by molar-refractivity contribution is -0.125. The summed E-state index contributed by atoms with van der Waals surface area (Å²) in [6.07, 6.45) is 1.03. The lowest BCUT2D eigenvalue weighted by atomic mass is 10.0. The average molecular weight is 285 g/mol. The van der Waals surface area contributed by atoms with E-state index in [1.54, 1.807) is 5.38 Å². The molecule has 2 heterocycles. The van der Waals surface area contributed by atoms with Gasteiger partial charge in [0.05, 0.1) is 25.7 Å². The van der Waals surface area contributed by atoms with E-state index in [0.29, 0.717) is 19.8 Å². The van der Waals surface area contributed by atoms with Gasteiger partial charge in [0.1, 0.15) is 0 Å². The Labute approximate surface area is 115 Å². The number of carbonyl (C=O) groups excluding carboxylic acids is 1. The fourth-order valence-corrected chi connectivity index (χ4v) is 2.64. The lowest BCUT2D eigenvalue weighted by Crippen LogP contribution is -2.44. The Morgan fingerprint density at radius 1 is 1.58 bits per heavy atom. The van der Waals surface area contributed by atoms with Crippen molar-refractivity contribution < 1.29 is 9.53 Å². The van der Waals surface area contributed by atoms with Gasteiger partial charge in [0.15, 0.2) is 0 Å². The monoisotopic (exact) mass is 285 g/mol. The van der Waals surface area contributed by atoms with E-state index in [4.69, 9.17) is 4.74 Å². The van der Waals surface area contributed by atoms with Gasteiger partial charge >= 0.3 is 4.87 Å². The molecule has 1 saturated heterocycles. The largest absolute Gasteiger partial charge is 0.379 e. The number of aromatic nitrogens is 1. The molecule has 1 aliphatic rings. The summed E-state index contributed by atoms with van der Waals surface area (Å²) in [5.74, 6) is -0.185. The molecule has 2 atom stereocenters. The molecule has 6 nitrogen and oxygen atoms in total. The predicted octanol–water partition coefficient (Wildman–Crippen LogP) is 0.0672. The molecule has 1 amide bonds. The normalized spacial score (nSPS) is 22.6. The molecule has 0 aliphatic carbocycles. The SMILES string of the molecule is CCCNC1COCC1C(=O)NCc1csc(=O)[nH]1. The molecule has 106 valence electrons. The van der Waals surface area contributed by atoms with Gasteiger partial charge in [0.25, 0.3) is 0 Å². The van der Waals surface area contributed by atoms with Gasteiger partial charge in [0, 0.05) is 17.1 Å². The molecular formula is C12H19N3O3S. The van der Waals surface area contributed by atoms with Crippen LogP contribution in [0.3, 0.4) is 0 Å². The third-order valence-electron chi connectivity index (χ3n) is 3.10. The average Bonchev–Trinajstić information content (AvgIpc) is 3.02. The van der Waals surface area contributed by atoms with Gasteiger partial charge in [-0.1, -0.05) is 18.3 Å². The van der Waals surface area contributed by atoms with Gasteiger partial charge < -0.3 is 20.4 Å². The zero-order valence-corrected chi connectivity index (χ0v) is 11.7. The first-order valence-corrected chi connectivity index (χ1v) is 7.34. The van der Waals surface area contributed by atoms with Crippen LogP contribution in [-0.4, -0.2) is 36.7 Å². The van der Waals surface area contributed by atoms with Crippen molar-refractivity contribution >= 4 is 17.2 Å². The summed E-state index contributed by atoms with van der Waals surface area (Å²) in [6, 6.07) is 0.0847. The van der Waals surface area contributed by atoms with Crippen LogP contribution in [-0.2, 0) is 16.1 Å². The van der Waals surface area contributed by atoms with Crippen molar-refractivity contribution in [1.29, 1.82) is 0 Å². The summed E-state index contributed by atoms with van der Waals surface area (Å²) in [5, 5.41) is 7.88. The van der Waals surface area contributed by atoms with Crippen molar-refractivity contribution in [3.05, 3.63) is 20.7 Å². The first-order chi connectivity index (χ1) is 9.20. The molecule has 7 heteroatoms. The van der Waals surface area contributed by atoms with E-state index >= 15 is 0 Å². The van der Waals surface area contributed by atoms with Crippen LogP contribution in [0.5, 0.6) is 0 Å². The molecule has 3 N–H and O–H groups in total. The fourth-order valence-electron chi connectivity index (χ4n) is 2.06. The predicted molar refractivity (Wildman–Crippen MR) is 73.2 cm³/mol. The van der Waals surface area contributed by atoms with Gasteiger partial charge in [-0.25, -0.2) is 0 Å². The van der Waals surface area contributed by atoms with Crippen molar-refractivity contribution in [1.82, 2.24) is 15.6 Å². The Bertz CT molecular complexity index is 471. The zero-order valence-electron chi connectivity index (χ0n) is 10.9. The smallest absolute Gasteiger partial charge is 0.304 e. The van der Waals surface area contributed by atoms with Crippen LogP contribution in [0.25, 0.3) is 0 Å². The van der Waals surface area contributed by atoms with Crippen LogP contribution in [0, 0.1) is 5.92 Å². The van der Waals surface area contributed by atoms with Gasteiger partial charge in [-0.15, -0.1) is 0 Å². The first-order valence-electron chi connectivity index (χ1n) is 6.46. The Morgan fingerprint density at radius 3 is 3.11 bits per heavy atom. The van der Waals surface area contributed by atoms with E-state index in [9.17, 15) is 9.59 Å². The number of rotatable bonds is 6. The second-order valence-corrected chi connectivity index (χ2v) is 5.44. The van der Waals surface area contributed by atoms with E-state index in [1.807, 2.05) is 0 Å². The molecule has 1 aliphatic heterocycles. The fraction of sp³-hybridized carbons (Fsp3) is 0.667. The number of carbonyl (C=O) groups is 1. The third kappa shape index (κ3) is 3.89. The molecule has 0 radical (unpaired) electrons. The number of ether oxygens (including phenoxy) is 1. The maximum Gasteiger partial charge on any atom is 0.304 e. The van der Waals surface area contributed by atoms with E-state index in [0.717, 1.165) is 30.0 Å². The van der Waals surface area contributed by atoms with E-state index in [2.05, 4.69) is 22.5 Å². The van der Waals surface area contributed by atoms with Gasteiger partial charge in [-0.3, -0.25) is 9.59 Å². The number of hydrogen-bond donors (Lipinski definition) is 3. The molecule has 2 rings (SSSR count). The lowest BCUT2D eigenvalue weighted by Gasteiger charge is -2.18. The quantitative estimate of drug-likeness (QED) is 0.690. The minimum Gasteiger partial charge on any atom is -0.379 e. The Balaban J connectivity index is 1.83. The minimum absolute atomic E-state index is 0.0295. The summed E-state index contributed by atoms with van der Waals surface area (Å²) in [7, 11) is 0. The summed E-state index contributed by atoms with van der Waals surface area (Å²) in [4.78, 5) is 25.6. The minimum atomic E-state index is -0.156. The highest BCUT2D eigenvalue weighted by Crippen LogP contribution is 2.14. The molecule has 1 aromatic rings. The summed E-state index contributed by atoms with van der Waals surface area (Å²) in [6.45, 7) is 4.36. The number of hydrogen-bond acceptors (Lipinski definition) is 5. The number of thiazole rings is 1. The maximum absolute atomic E-state index is 12.1. The molecule has 0 bridgehead atoms. The molecule has 1 aromatic heterocycles. The van der Waals surface area contributed by atoms with Crippen LogP contribution in [0.15, 0.2) is 10.2 Å². The number of nitrogens with one attached hydrogen (secondary N) is 3. The van der Waals surface area contributed by atoms with Crippen molar-refractivity contribution in [2.45, 2.75) is 25.9 Å². The maximum atomic E-state index is 12.1. The van der Waals surface area contributed by atoms with Crippen LogP contribution >= 0.6 is 11.3 Å². The van der Waals surface area contributed by atoms with E-state index < -0.39 is 0 Å². The molecule has 0 saturated carbocycles. The summed E-state index contributed by atoms with van der Waals surface area (Å²) >= 11 is 1.10. The van der Waals surface area contributed by atoms with Crippen molar-refractivity contribution in [2.75, 3.05) is 19.8 Å². The molecule has 1 fully saturated rings. The summed E-state index contributed by atoms with van der Waals surface area (Å²) < 4.78 is 5.36. The number of H-pyrrole nitrogens is 1. The van der Waals surface area contributed by atoms with Crippen molar-refractivity contribution in [3.63, 3.8) is 0 Å². The highest BCUT2D eigenvalue weighted by Gasteiger charge is 2.33. The Hall–Kier alpha value is -1.18. The van der Waals surface area contributed by atoms with Crippen LogP contribution in [0.2, 0.25) is 0 Å². The first kappa shape index (κ1) is 14.2. The summed E-state index contributed by atoms with van der Waals surface area (Å²) in [5.41, 5.74) is 0.736. The molecule has 2 unspecified atom stereocenters. The Kier molecular flexibility index (Phi) is 5.12. The number of aromatic amines is 1. The van der Waals surface area contributed by atoms with Crippen molar-refractivity contribution in [2.24, 2.45) is 5.92 Å².